The molecule has 0 nitrogen and oxygen atoms in total. The predicted molar refractivity (Wildman–Crippen MR) is 240 cm³/mol. The Hall–Kier alpha value is -6.54. The summed E-state index contributed by atoms with van der Waals surface area (Å²) in [5.74, 6) is 0. The summed E-state index contributed by atoms with van der Waals surface area (Å²) in [5, 5.41) is 20.1. The van der Waals surface area contributed by atoms with Crippen molar-refractivity contribution in [1.82, 2.24) is 0 Å². The van der Waals surface area contributed by atoms with Crippen molar-refractivity contribution < 1.29 is 0 Å². The van der Waals surface area contributed by atoms with Gasteiger partial charge in [0.2, 0.25) is 0 Å². The molecule has 1 aliphatic carbocycles. The van der Waals surface area contributed by atoms with Crippen LogP contribution in [0.2, 0.25) is 0 Å². The fourth-order valence-electron chi connectivity index (χ4n) is 10.5. The van der Waals surface area contributed by atoms with Gasteiger partial charge in [-0.2, -0.15) is 0 Å². The zero-order chi connectivity index (χ0) is 35.8. The molecule has 0 fully saturated rings. The Balaban J connectivity index is 1.27. The van der Waals surface area contributed by atoms with Crippen LogP contribution < -0.4 is 0 Å². The lowest BCUT2D eigenvalue weighted by atomic mass is 9.84. The van der Waals surface area contributed by atoms with Gasteiger partial charge >= 0.3 is 0 Å². The summed E-state index contributed by atoms with van der Waals surface area (Å²) >= 11 is 1.96. The maximum absolute atomic E-state index is 2.53. The Morgan fingerprint density at radius 1 is 0.364 bits per heavy atom. The first-order valence-electron chi connectivity index (χ1n) is 19.4. The molecule has 0 aliphatic heterocycles. The van der Waals surface area contributed by atoms with E-state index in [1.807, 2.05) is 11.3 Å². The first-order valence-corrected chi connectivity index (χ1v) is 20.2. The van der Waals surface area contributed by atoms with Crippen molar-refractivity contribution in [3.8, 4) is 33.4 Å². The van der Waals surface area contributed by atoms with E-state index in [4.69, 9.17) is 0 Å². The molecule has 0 saturated carbocycles. The molecule has 0 atom stereocenters. The summed E-state index contributed by atoms with van der Waals surface area (Å²) in [5.41, 5.74) is 9.33. The summed E-state index contributed by atoms with van der Waals surface area (Å²) in [6.07, 6.45) is 6.92. The lowest BCUT2D eigenvalue weighted by Gasteiger charge is -2.19. The van der Waals surface area contributed by atoms with Gasteiger partial charge < -0.3 is 0 Å². The van der Waals surface area contributed by atoms with E-state index in [0.29, 0.717) is 0 Å². The van der Waals surface area contributed by atoms with Gasteiger partial charge in [0.05, 0.1) is 0 Å². The van der Waals surface area contributed by atoms with E-state index in [1.165, 1.54) is 129 Å². The predicted octanol–water partition coefficient (Wildman–Crippen LogP) is 15.8. The second-order valence-corrected chi connectivity index (χ2v) is 16.4. The van der Waals surface area contributed by atoms with Crippen molar-refractivity contribution in [2.24, 2.45) is 0 Å². The molecule has 0 N–H and O–H groups in total. The number of hydrogen-bond acceptors (Lipinski definition) is 1. The van der Waals surface area contributed by atoms with Gasteiger partial charge in [0.15, 0.2) is 0 Å². The molecule has 0 amide bonds. The van der Waals surface area contributed by atoms with E-state index < -0.39 is 0 Å². The third kappa shape index (κ3) is 3.91. The van der Waals surface area contributed by atoms with Gasteiger partial charge in [-0.1, -0.05) is 158 Å². The molecule has 12 aromatic rings. The maximum atomic E-state index is 2.53. The van der Waals surface area contributed by atoms with Gasteiger partial charge in [-0.15, -0.1) is 11.3 Å². The molecule has 1 aromatic heterocycles. The van der Waals surface area contributed by atoms with Crippen molar-refractivity contribution in [1.29, 1.82) is 0 Å². The lowest BCUT2D eigenvalue weighted by Crippen LogP contribution is -1.91. The third-order valence-electron chi connectivity index (χ3n) is 12.6. The average Bonchev–Trinajstić information content (AvgIpc) is 3.91. The minimum atomic E-state index is 1.12. The molecule has 1 heteroatoms. The molecular weight excluding hydrogens is 681 g/mol. The second-order valence-electron chi connectivity index (χ2n) is 15.3. The molecule has 254 valence electrons. The summed E-state index contributed by atoms with van der Waals surface area (Å²) < 4.78 is 1.40. The Morgan fingerprint density at radius 2 is 0.945 bits per heavy atom. The molecule has 0 unspecified atom stereocenters. The SMILES string of the molecule is C1=Cc2sc3c(-c4ccc5c6c(-c7ccccc7)c7c(cc8c9ccccc9c9cccc7c98)c(-c7ccccc7)c6c6cccc4c65)cccc3c2CC1. The van der Waals surface area contributed by atoms with Gasteiger partial charge in [-0.05, 0) is 139 Å². The van der Waals surface area contributed by atoms with E-state index in [2.05, 4.69) is 170 Å². The standard InChI is InChI=1S/C54H32S/c1-3-14-31(15-4-1)47-45-30-44-34-19-8-7-18-33(34)37-21-11-25-41(50(37)44)51(45)48(32-16-5-2-6-17-32)53-43-29-28-35(38-22-12-26-42(49(38)43)52(47)53)39-23-13-24-40-36-20-9-10-27-46(36)55-54(39)40/h1-8,10-19,21-30H,9,20H2. The van der Waals surface area contributed by atoms with Crippen LogP contribution >= 0.6 is 11.3 Å². The van der Waals surface area contributed by atoms with Crippen molar-refractivity contribution in [3.05, 3.63) is 174 Å². The molecule has 55 heavy (non-hydrogen) atoms. The summed E-state index contributed by atoms with van der Waals surface area (Å²) in [4.78, 5) is 1.42. The monoisotopic (exact) mass is 712 g/mol. The van der Waals surface area contributed by atoms with E-state index in [0.717, 1.165) is 12.8 Å². The maximum Gasteiger partial charge on any atom is 0.0430 e. The number of hydrogen-bond donors (Lipinski definition) is 0. The second kappa shape index (κ2) is 11.0. The Bertz CT molecular complexity index is 3570. The number of thiophene rings is 1. The van der Waals surface area contributed by atoms with Crippen molar-refractivity contribution in [3.63, 3.8) is 0 Å². The van der Waals surface area contributed by atoms with Crippen LogP contribution in [0.4, 0.5) is 0 Å². The van der Waals surface area contributed by atoms with E-state index >= 15 is 0 Å². The van der Waals surface area contributed by atoms with Gasteiger partial charge in [0, 0.05) is 15.1 Å². The molecule has 0 radical (unpaired) electrons. The van der Waals surface area contributed by atoms with E-state index in [9.17, 15) is 0 Å². The normalized spacial score (nSPS) is 13.2. The number of fused-ring (bicyclic) bond motifs is 11. The minimum Gasteiger partial charge on any atom is -0.135 e. The molecule has 11 aromatic carbocycles. The molecule has 1 aliphatic rings. The zero-order valence-corrected chi connectivity index (χ0v) is 30.8. The highest BCUT2D eigenvalue weighted by molar-refractivity contribution is 7.20. The quantitative estimate of drug-likeness (QED) is 0.160. The minimum absolute atomic E-state index is 1.12. The van der Waals surface area contributed by atoms with Crippen molar-refractivity contribution in [2.45, 2.75) is 12.8 Å². The van der Waals surface area contributed by atoms with E-state index in [-0.39, 0.29) is 0 Å². The van der Waals surface area contributed by atoms with Crippen LogP contribution in [0.15, 0.2) is 164 Å². The van der Waals surface area contributed by atoms with Crippen LogP contribution in [0.1, 0.15) is 16.9 Å². The van der Waals surface area contributed by atoms with Crippen molar-refractivity contribution >= 4 is 103 Å². The van der Waals surface area contributed by atoms with Crippen LogP contribution in [0, 0.1) is 0 Å². The molecule has 13 rings (SSSR count). The molecule has 0 saturated heterocycles. The van der Waals surface area contributed by atoms with Gasteiger partial charge in [0.1, 0.15) is 0 Å². The highest BCUT2D eigenvalue weighted by Gasteiger charge is 2.27. The average molecular weight is 713 g/mol. The summed E-state index contributed by atoms with van der Waals surface area (Å²) in [7, 11) is 0. The van der Waals surface area contributed by atoms with Crippen LogP contribution in [0.3, 0.4) is 0 Å². The number of aryl methyl sites for hydroxylation is 1. The van der Waals surface area contributed by atoms with Crippen LogP contribution in [0.5, 0.6) is 0 Å². The third-order valence-corrected chi connectivity index (χ3v) is 13.9. The van der Waals surface area contributed by atoms with E-state index in [1.54, 1.807) is 0 Å². The topological polar surface area (TPSA) is 0 Å². The Kier molecular flexibility index (Phi) is 5.98. The lowest BCUT2D eigenvalue weighted by molar-refractivity contribution is 1.01. The van der Waals surface area contributed by atoms with Gasteiger partial charge in [-0.25, -0.2) is 0 Å². The molecule has 1 heterocycles. The number of allylic oxidation sites excluding steroid dienone is 1. The van der Waals surface area contributed by atoms with Gasteiger partial charge in [0.25, 0.3) is 0 Å². The smallest absolute Gasteiger partial charge is 0.0430 e. The molecule has 0 bridgehead atoms. The zero-order valence-electron chi connectivity index (χ0n) is 30.0. The first kappa shape index (κ1) is 29.9. The highest BCUT2D eigenvalue weighted by atomic mass is 32.1. The van der Waals surface area contributed by atoms with Crippen LogP contribution in [-0.4, -0.2) is 0 Å². The Morgan fingerprint density at radius 3 is 1.75 bits per heavy atom. The molecule has 0 spiro atoms. The number of benzene rings is 9. The van der Waals surface area contributed by atoms with Gasteiger partial charge in [-0.3, -0.25) is 0 Å². The van der Waals surface area contributed by atoms with Crippen LogP contribution in [0.25, 0.3) is 125 Å². The fourth-order valence-corrected chi connectivity index (χ4v) is 11.8. The molecular formula is C54H32S. The largest absolute Gasteiger partial charge is 0.135 e. The summed E-state index contributed by atoms with van der Waals surface area (Å²) in [6.45, 7) is 0. The first-order chi connectivity index (χ1) is 27.3. The van der Waals surface area contributed by atoms with Crippen molar-refractivity contribution in [2.75, 3.05) is 0 Å². The highest BCUT2D eigenvalue weighted by Crippen LogP contribution is 2.55. The Labute approximate surface area is 321 Å². The van der Waals surface area contributed by atoms with Crippen LogP contribution in [-0.2, 0) is 6.42 Å². The fraction of sp³-hybridized carbons (Fsp3) is 0.0370. The summed E-state index contributed by atoms with van der Waals surface area (Å²) in [6, 6.07) is 59.7. The number of rotatable bonds is 3.